The Hall–Kier alpha value is -0.970. The molecule has 0 fully saturated rings. The lowest BCUT2D eigenvalue weighted by Gasteiger charge is -1.94. The smallest absolute Gasteiger partial charge is 0.291 e. The maximum Gasteiger partial charge on any atom is 0.321 e. The molecule has 0 saturated carbocycles. The first-order chi connectivity index (χ1) is 3.55. The van der Waals surface area contributed by atoms with E-state index in [-0.39, 0.29) is 0 Å². The van der Waals surface area contributed by atoms with Gasteiger partial charge in [-0.3, -0.25) is 20.6 Å². The van der Waals surface area contributed by atoms with E-state index in [1.54, 1.807) is 0 Å². The quantitative estimate of drug-likeness (QED) is 0.290. The summed E-state index contributed by atoms with van der Waals surface area (Å²) in [5, 5.41) is 9.60. The molecule has 46 valence electrons. The van der Waals surface area contributed by atoms with Gasteiger partial charge in [0.05, 0.1) is 0 Å². The number of hydrogen-bond acceptors (Lipinski definition) is 4. The number of nitrogens with zero attached hydrogens (tertiary/aromatic N) is 1. The van der Waals surface area contributed by atoms with Crippen LogP contribution in [0.15, 0.2) is 0 Å². The van der Waals surface area contributed by atoms with Crippen molar-refractivity contribution in [2.45, 2.75) is 13.1 Å². The van der Waals surface area contributed by atoms with E-state index < -0.39 is 16.9 Å². The minimum atomic E-state index is -1.55. The van der Waals surface area contributed by atoms with E-state index in [2.05, 4.69) is 0 Å². The van der Waals surface area contributed by atoms with Gasteiger partial charge >= 0.3 is 6.17 Å². The van der Waals surface area contributed by atoms with Crippen LogP contribution in [0.25, 0.3) is 0 Å². The molecule has 0 aromatic rings. The SMILES string of the molecule is CC(=O)C(N)[N+](=O)[O-]. The van der Waals surface area contributed by atoms with Gasteiger partial charge in [0.1, 0.15) is 0 Å². The summed E-state index contributed by atoms with van der Waals surface area (Å²) in [5.41, 5.74) is 4.71. The van der Waals surface area contributed by atoms with Crippen molar-refractivity contribution in [3.8, 4) is 0 Å². The van der Waals surface area contributed by atoms with Gasteiger partial charge in [0, 0.05) is 11.8 Å². The summed E-state index contributed by atoms with van der Waals surface area (Å²) in [6, 6.07) is 0. The second-order valence-electron chi connectivity index (χ2n) is 1.34. The van der Waals surface area contributed by atoms with Crippen LogP contribution < -0.4 is 5.73 Å². The molecule has 0 saturated heterocycles. The molecule has 2 N–H and O–H groups in total. The number of carbonyl (C=O) groups excluding carboxylic acids is 1. The number of rotatable bonds is 2. The van der Waals surface area contributed by atoms with E-state index in [1.807, 2.05) is 0 Å². The molecule has 8 heavy (non-hydrogen) atoms. The van der Waals surface area contributed by atoms with Crippen LogP contribution >= 0.6 is 0 Å². The number of nitrogens with two attached hydrogens (primary N) is 1. The molecular weight excluding hydrogens is 112 g/mol. The highest BCUT2D eigenvalue weighted by molar-refractivity contribution is 5.79. The van der Waals surface area contributed by atoms with E-state index in [1.165, 1.54) is 0 Å². The lowest BCUT2D eigenvalue weighted by molar-refractivity contribution is -0.506. The first-order valence-corrected chi connectivity index (χ1v) is 1.95. The Morgan fingerprint density at radius 2 is 2.25 bits per heavy atom. The van der Waals surface area contributed by atoms with Crippen LogP contribution in [0.1, 0.15) is 6.92 Å². The van der Waals surface area contributed by atoms with Gasteiger partial charge in [-0.1, -0.05) is 0 Å². The van der Waals surface area contributed by atoms with Gasteiger partial charge < -0.3 is 0 Å². The van der Waals surface area contributed by atoms with Crippen molar-refractivity contribution >= 4 is 5.78 Å². The van der Waals surface area contributed by atoms with Crippen LogP contribution in [-0.2, 0) is 4.79 Å². The van der Waals surface area contributed by atoms with E-state index in [4.69, 9.17) is 5.73 Å². The topological polar surface area (TPSA) is 86.2 Å². The van der Waals surface area contributed by atoms with Gasteiger partial charge in [-0.2, -0.15) is 0 Å². The van der Waals surface area contributed by atoms with E-state index in [0.29, 0.717) is 0 Å². The molecule has 1 unspecified atom stereocenters. The lowest BCUT2D eigenvalue weighted by Crippen LogP contribution is -2.36. The van der Waals surface area contributed by atoms with Crippen LogP contribution in [0.4, 0.5) is 0 Å². The largest absolute Gasteiger partial charge is 0.321 e. The Morgan fingerprint density at radius 3 is 2.25 bits per heavy atom. The second kappa shape index (κ2) is 2.37. The Kier molecular flexibility index (Phi) is 2.08. The van der Waals surface area contributed by atoms with Crippen molar-refractivity contribution in [3.63, 3.8) is 0 Å². The summed E-state index contributed by atoms with van der Waals surface area (Å²) in [6.07, 6.45) is -1.55. The Balaban J connectivity index is 3.83. The molecule has 0 radical (unpaired) electrons. The third-order valence-electron chi connectivity index (χ3n) is 0.644. The summed E-state index contributed by atoms with van der Waals surface area (Å²) in [7, 11) is 0. The minimum Gasteiger partial charge on any atom is -0.291 e. The van der Waals surface area contributed by atoms with Crippen molar-refractivity contribution in [1.29, 1.82) is 0 Å². The third-order valence-corrected chi connectivity index (χ3v) is 0.644. The second-order valence-corrected chi connectivity index (χ2v) is 1.34. The first-order valence-electron chi connectivity index (χ1n) is 1.95. The monoisotopic (exact) mass is 118 g/mol. The molecule has 0 heterocycles. The Bertz CT molecular complexity index is 108. The number of ketones is 1. The Morgan fingerprint density at radius 1 is 1.88 bits per heavy atom. The van der Waals surface area contributed by atoms with Crippen molar-refractivity contribution in [1.82, 2.24) is 0 Å². The fourth-order valence-electron chi connectivity index (χ4n) is 0.148. The molecule has 0 aliphatic carbocycles. The van der Waals surface area contributed by atoms with Crippen LogP contribution in [0, 0.1) is 10.1 Å². The predicted molar refractivity (Wildman–Crippen MR) is 25.7 cm³/mol. The highest BCUT2D eigenvalue weighted by atomic mass is 16.6. The average molecular weight is 118 g/mol. The molecule has 0 rings (SSSR count). The summed E-state index contributed by atoms with van der Waals surface area (Å²) < 4.78 is 0. The standard InChI is InChI=1S/C3H6N2O3/c1-2(6)3(4)5(7)8/h3H,4H2,1H3. The molecule has 0 aromatic heterocycles. The summed E-state index contributed by atoms with van der Waals surface area (Å²) in [6.45, 7) is 1.08. The lowest BCUT2D eigenvalue weighted by atomic mass is 10.4. The zero-order valence-corrected chi connectivity index (χ0v) is 4.33. The van der Waals surface area contributed by atoms with Gasteiger partial charge in [-0.15, -0.1) is 0 Å². The number of hydrogen-bond donors (Lipinski definition) is 1. The number of Topliss-reactive ketones (excluding diaryl/α,β-unsaturated/α-hetero) is 1. The van der Waals surface area contributed by atoms with Gasteiger partial charge in [0.15, 0.2) is 0 Å². The zero-order valence-electron chi connectivity index (χ0n) is 4.33. The summed E-state index contributed by atoms with van der Waals surface area (Å²) in [4.78, 5) is 18.8. The first kappa shape index (κ1) is 7.03. The molecule has 0 bridgehead atoms. The van der Waals surface area contributed by atoms with Crippen molar-refractivity contribution < 1.29 is 9.72 Å². The molecule has 0 aliphatic heterocycles. The van der Waals surface area contributed by atoms with Crippen LogP contribution in [0.3, 0.4) is 0 Å². The van der Waals surface area contributed by atoms with Crippen LogP contribution in [-0.4, -0.2) is 16.9 Å². The molecular formula is C3H6N2O3. The predicted octanol–water partition coefficient (Wildman–Crippen LogP) is -0.863. The average Bonchev–Trinajstić information content (AvgIpc) is 1.64. The van der Waals surface area contributed by atoms with Gasteiger partial charge in [0.25, 0.3) is 0 Å². The summed E-state index contributed by atoms with van der Waals surface area (Å²) in [5.74, 6) is -0.630. The van der Waals surface area contributed by atoms with Crippen LogP contribution in [0.2, 0.25) is 0 Å². The van der Waals surface area contributed by atoms with E-state index >= 15 is 0 Å². The third kappa shape index (κ3) is 1.65. The molecule has 0 amide bonds. The van der Waals surface area contributed by atoms with Gasteiger partial charge in [-0.05, 0) is 0 Å². The van der Waals surface area contributed by atoms with Crippen molar-refractivity contribution in [2.75, 3.05) is 0 Å². The molecule has 0 aromatic carbocycles. The maximum absolute atomic E-state index is 10.0. The molecule has 0 spiro atoms. The molecule has 5 nitrogen and oxygen atoms in total. The Labute approximate surface area is 45.6 Å². The summed E-state index contributed by atoms with van der Waals surface area (Å²) >= 11 is 0. The molecule has 5 heteroatoms. The van der Waals surface area contributed by atoms with Crippen molar-refractivity contribution in [3.05, 3.63) is 10.1 Å². The van der Waals surface area contributed by atoms with E-state index in [0.717, 1.165) is 6.92 Å². The fourth-order valence-corrected chi connectivity index (χ4v) is 0.148. The van der Waals surface area contributed by atoms with Gasteiger partial charge in [-0.25, -0.2) is 0 Å². The zero-order chi connectivity index (χ0) is 6.73. The molecule has 1 atom stereocenters. The molecule has 0 aliphatic rings. The fraction of sp³-hybridized carbons (Fsp3) is 0.667. The van der Waals surface area contributed by atoms with Crippen molar-refractivity contribution in [2.24, 2.45) is 5.73 Å². The number of nitro groups is 1. The van der Waals surface area contributed by atoms with Gasteiger partial charge in [0.2, 0.25) is 5.78 Å². The highest BCUT2D eigenvalue weighted by Crippen LogP contribution is 1.79. The highest BCUT2D eigenvalue weighted by Gasteiger charge is 2.17. The van der Waals surface area contributed by atoms with E-state index in [9.17, 15) is 14.9 Å². The minimum absolute atomic E-state index is 0.630. The maximum atomic E-state index is 10.0. The normalized spacial score (nSPS) is 12.8. The number of carbonyl (C=O) groups is 1. The van der Waals surface area contributed by atoms with Crippen LogP contribution in [0.5, 0.6) is 0 Å².